The molecule has 0 amide bonds. The first-order valence-corrected chi connectivity index (χ1v) is 0. The number of hydrogen-bond acceptors (Lipinski definition) is 0. The van der Waals surface area contributed by atoms with Gasteiger partial charge in [0.1, 0.15) is 0 Å². The Morgan fingerprint density at radius 2 is 1.00 bits per heavy atom. The molecule has 0 heterocycles. The Morgan fingerprint density at radius 3 is 1.00 bits per heavy atom. The van der Waals surface area contributed by atoms with Crippen molar-refractivity contribution < 1.29 is 43.3 Å². The van der Waals surface area contributed by atoms with Crippen molar-refractivity contribution in [2.45, 2.75) is 0 Å². The average molecular weight is 195 g/mol. The van der Waals surface area contributed by atoms with Gasteiger partial charge in [0, 0.05) is 37.8 Å². The molecule has 4 heavy (non-hydrogen) atoms. The Morgan fingerprint density at radius 1 is 1.00 bits per heavy atom. The van der Waals surface area contributed by atoms with E-state index in [1.54, 1.807) is 0 Å². The predicted molar refractivity (Wildman–Crippen MR) is 6.44 cm³/mol. The van der Waals surface area contributed by atoms with E-state index in [1.165, 1.54) is 0 Å². The van der Waals surface area contributed by atoms with Gasteiger partial charge in [-0.3, -0.25) is 0 Å². The van der Waals surface area contributed by atoms with Gasteiger partial charge in [-0.2, -0.15) is 0 Å². The molecule has 0 saturated heterocycles. The molecule has 0 spiro atoms. The van der Waals surface area contributed by atoms with Crippen LogP contribution in [0.4, 0.5) is 0 Å². The number of hydrogen-bond donors (Lipinski definition) is 0. The second-order valence-corrected chi connectivity index (χ2v) is 0. The molecule has 0 unspecified atom stereocenters. The Labute approximate surface area is 65.8 Å². The second kappa shape index (κ2) is 20.5. The molecule has 23 valence electrons. The van der Waals surface area contributed by atoms with Gasteiger partial charge < -0.3 is 5.48 Å². The normalized spacial score (nSPS) is 0. The van der Waals surface area contributed by atoms with Crippen molar-refractivity contribution in [2.24, 2.45) is 0 Å². The topological polar surface area (TPSA) is 28.5 Å². The molecule has 0 aromatic heterocycles. The van der Waals surface area contributed by atoms with Crippen LogP contribution < -0.4 is 0 Å². The van der Waals surface area contributed by atoms with Gasteiger partial charge in [-0.05, 0) is 0 Å². The van der Waals surface area contributed by atoms with E-state index in [2.05, 4.69) is 0 Å². The van der Waals surface area contributed by atoms with E-state index in [0.29, 0.717) is 0 Å². The molecule has 0 N–H and O–H groups in total. The Bertz CT molecular complexity index is 8.00. The predicted octanol–water partition coefficient (Wildman–Crippen LogP) is -0.505. The van der Waals surface area contributed by atoms with Crippen LogP contribution >= 0.6 is 0 Å². The second-order valence-electron chi connectivity index (χ2n) is 0. The van der Waals surface area contributed by atoms with Crippen LogP contribution in [0.2, 0.25) is 0 Å². The standard InChI is InChI=1S/Co.Mg.Mo.O/q;+2;;-2. The van der Waals surface area contributed by atoms with Gasteiger partial charge in [0.2, 0.25) is 0 Å². The van der Waals surface area contributed by atoms with Crippen LogP contribution in [0.15, 0.2) is 0 Å². The zero-order valence-corrected chi connectivity index (χ0v) is 6.32. The van der Waals surface area contributed by atoms with Gasteiger partial charge in [0.25, 0.3) is 0 Å². The number of rotatable bonds is 0. The molecule has 1 nitrogen and oxygen atoms in total. The maximum atomic E-state index is 0. The first-order valence-electron chi connectivity index (χ1n) is 0. The van der Waals surface area contributed by atoms with Crippen molar-refractivity contribution in [3.63, 3.8) is 0 Å². The van der Waals surface area contributed by atoms with E-state index in [4.69, 9.17) is 0 Å². The molecule has 4 heteroatoms. The van der Waals surface area contributed by atoms with Gasteiger partial charge in [-0.25, -0.2) is 0 Å². The van der Waals surface area contributed by atoms with Crippen LogP contribution in [0.3, 0.4) is 0 Å². The molecule has 0 aromatic carbocycles. The molecule has 0 aliphatic rings. The first-order chi connectivity index (χ1) is 0. The van der Waals surface area contributed by atoms with Crippen molar-refractivity contribution in [1.29, 1.82) is 0 Å². The molecule has 0 fully saturated rings. The maximum absolute atomic E-state index is 0. The molecular formula is CoMgMoO. The van der Waals surface area contributed by atoms with E-state index >= 15 is 0 Å². The fourth-order valence-corrected chi connectivity index (χ4v) is 0. The summed E-state index contributed by atoms with van der Waals surface area (Å²) in [6.45, 7) is 0. The summed E-state index contributed by atoms with van der Waals surface area (Å²) in [6.07, 6.45) is 0. The Hall–Kier alpha value is 1.92. The third-order valence-electron chi connectivity index (χ3n) is 0. The van der Waals surface area contributed by atoms with Crippen LogP contribution in [0, 0.1) is 0 Å². The smallest absolute Gasteiger partial charge is 2.00 e. The molecule has 0 aliphatic carbocycles. The summed E-state index contributed by atoms with van der Waals surface area (Å²) in [5.41, 5.74) is 0. The SMILES string of the molecule is [Co].[Mg+2].[Mo].[O-2]. The van der Waals surface area contributed by atoms with E-state index < -0.39 is 0 Å². The van der Waals surface area contributed by atoms with E-state index in [1.807, 2.05) is 0 Å². The van der Waals surface area contributed by atoms with Crippen LogP contribution in [-0.4, -0.2) is 23.1 Å². The minimum absolute atomic E-state index is 0. The fraction of sp³-hybridized carbons (Fsp3) is 0. The van der Waals surface area contributed by atoms with E-state index in [9.17, 15) is 0 Å². The zero-order valence-electron chi connectivity index (χ0n) is 1.86. The summed E-state index contributed by atoms with van der Waals surface area (Å²) in [7, 11) is 0. The fourth-order valence-electron chi connectivity index (χ4n) is 0. The summed E-state index contributed by atoms with van der Waals surface area (Å²) >= 11 is 0. The third kappa shape index (κ3) is 9.07. The van der Waals surface area contributed by atoms with Gasteiger partial charge >= 0.3 is 23.1 Å². The minimum Gasteiger partial charge on any atom is -2.00 e. The largest absolute Gasteiger partial charge is 2.00 e. The van der Waals surface area contributed by atoms with Gasteiger partial charge in [-0.15, -0.1) is 0 Å². The molecule has 0 atom stereocenters. The van der Waals surface area contributed by atoms with Crippen molar-refractivity contribution >= 4 is 23.1 Å². The molecule has 0 aliphatic heterocycles. The molecule has 1 radical (unpaired) electrons. The monoisotopic (exact) mass is 197 g/mol. The first kappa shape index (κ1) is 38.9. The summed E-state index contributed by atoms with van der Waals surface area (Å²) in [5.74, 6) is 0. The van der Waals surface area contributed by atoms with Gasteiger partial charge in [0.15, 0.2) is 0 Å². The summed E-state index contributed by atoms with van der Waals surface area (Å²) in [4.78, 5) is 0. The van der Waals surface area contributed by atoms with Gasteiger partial charge in [-0.1, -0.05) is 0 Å². The van der Waals surface area contributed by atoms with Crippen LogP contribution in [0.1, 0.15) is 0 Å². The molecular weight excluding hydrogens is 195 g/mol. The minimum atomic E-state index is 0. The average Bonchev–Trinajstić information content (AvgIpc) is 0. The molecule has 0 bridgehead atoms. The van der Waals surface area contributed by atoms with Gasteiger partial charge in [0.05, 0.1) is 0 Å². The van der Waals surface area contributed by atoms with Crippen LogP contribution in [0.25, 0.3) is 0 Å². The van der Waals surface area contributed by atoms with Crippen molar-refractivity contribution in [3.8, 4) is 0 Å². The quantitative estimate of drug-likeness (QED) is 0.466. The van der Waals surface area contributed by atoms with E-state index in [0.717, 1.165) is 0 Å². The third-order valence-corrected chi connectivity index (χ3v) is 0. The van der Waals surface area contributed by atoms with Crippen molar-refractivity contribution in [3.05, 3.63) is 0 Å². The zero-order chi connectivity index (χ0) is 0. The van der Waals surface area contributed by atoms with Crippen molar-refractivity contribution in [1.82, 2.24) is 0 Å². The van der Waals surface area contributed by atoms with Crippen LogP contribution in [-0.2, 0) is 43.3 Å². The Kier molecular flexibility index (Phi) is 199. The van der Waals surface area contributed by atoms with Crippen molar-refractivity contribution in [2.75, 3.05) is 0 Å². The van der Waals surface area contributed by atoms with E-state index in [-0.39, 0.29) is 66.4 Å². The molecule has 0 aromatic rings. The Balaban J connectivity index is 0. The molecule has 0 saturated carbocycles. The summed E-state index contributed by atoms with van der Waals surface area (Å²) < 4.78 is 0. The maximum Gasteiger partial charge on any atom is 2.00 e. The summed E-state index contributed by atoms with van der Waals surface area (Å²) in [6, 6.07) is 0. The summed E-state index contributed by atoms with van der Waals surface area (Å²) in [5, 5.41) is 0. The molecule has 0 rings (SSSR count). The van der Waals surface area contributed by atoms with Crippen LogP contribution in [0.5, 0.6) is 0 Å².